The number of nitro benzene ring substituents is 1. The van der Waals surface area contributed by atoms with Crippen LogP contribution in [0.3, 0.4) is 0 Å². The highest BCUT2D eigenvalue weighted by molar-refractivity contribution is 5.48. The van der Waals surface area contributed by atoms with E-state index in [0.717, 1.165) is 6.07 Å². The van der Waals surface area contributed by atoms with Crippen LogP contribution < -0.4 is 4.74 Å². The van der Waals surface area contributed by atoms with Gasteiger partial charge in [0.25, 0.3) is 5.69 Å². The minimum absolute atomic E-state index is 0.0952. The Balaban J connectivity index is 2.36. The molecule has 5 nitrogen and oxygen atoms in total. The average Bonchev–Trinajstić information content (AvgIpc) is 2.42. The molecule has 2 rings (SSSR count). The number of nitrogens with zero attached hydrogens (tertiary/aromatic N) is 2. The van der Waals surface area contributed by atoms with Crippen LogP contribution in [0.2, 0.25) is 0 Å². The molecule has 0 atom stereocenters. The van der Waals surface area contributed by atoms with Gasteiger partial charge < -0.3 is 4.74 Å². The van der Waals surface area contributed by atoms with Gasteiger partial charge in [-0.25, -0.2) is 4.39 Å². The van der Waals surface area contributed by atoms with Crippen molar-refractivity contribution < 1.29 is 14.1 Å². The Hall–Kier alpha value is -2.94. The van der Waals surface area contributed by atoms with E-state index in [1.165, 1.54) is 13.0 Å². The zero-order valence-electron chi connectivity index (χ0n) is 11.4. The highest BCUT2D eigenvalue weighted by Crippen LogP contribution is 2.31. The molecule has 0 aliphatic heterocycles. The van der Waals surface area contributed by atoms with Crippen molar-refractivity contribution in [2.75, 3.05) is 0 Å². The van der Waals surface area contributed by atoms with Crippen molar-refractivity contribution >= 4 is 5.69 Å². The summed E-state index contributed by atoms with van der Waals surface area (Å²) in [6.45, 7) is 3.25. The van der Waals surface area contributed by atoms with E-state index in [2.05, 4.69) is 0 Å². The van der Waals surface area contributed by atoms with E-state index in [4.69, 9.17) is 10.00 Å². The van der Waals surface area contributed by atoms with Gasteiger partial charge in [-0.3, -0.25) is 10.1 Å². The summed E-state index contributed by atoms with van der Waals surface area (Å²) in [4.78, 5) is 10.1. The number of hydrogen-bond donors (Lipinski definition) is 0. The van der Waals surface area contributed by atoms with Crippen molar-refractivity contribution in [1.82, 2.24) is 0 Å². The summed E-state index contributed by atoms with van der Waals surface area (Å²) in [6, 6.07) is 8.85. The van der Waals surface area contributed by atoms with Gasteiger partial charge in [0.15, 0.2) is 11.6 Å². The van der Waals surface area contributed by atoms with Gasteiger partial charge in [0.2, 0.25) is 0 Å². The van der Waals surface area contributed by atoms with Crippen LogP contribution in [-0.4, -0.2) is 4.92 Å². The van der Waals surface area contributed by atoms with Gasteiger partial charge in [0.1, 0.15) is 5.75 Å². The largest absolute Gasteiger partial charge is 0.454 e. The van der Waals surface area contributed by atoms with Crippen molar-refractivity contribution in [3.8, 4) is 17.6 Å². The SMILES string of the molecule is Cc1cc(Oc2cc(C)c([N+](=O)[O-])cc2F)ccc1C#N. The smallest absolute Gasteiger partial charge is 0.275 e. The van der Waals surface area contributed by atoms with Gasteiger partial charge in [0.05, 0.1) is 22.6 Å². The molecule has 0 radical (unpaired) electrons. The molecule has 0 aliphatic rings. The van der Waals surface area contributed by atoms with E-state index >= 15 is 0 Å². The molecule has 0 bridgehead atoms. The minimum atomic E-state index is -0.811. The quantitative estimate of drug-likeness (QED) is 0.630. The Morgan fingerprint density at radius 1 is 1.24 bits per heavy atom. The zero-order valence-corrected chi connectivity index (χ0v) is 11.4. The van der Waals surface area contributed by atoms with Crippen LogP contribution in [0.25, 0.3) is 0 Å². The number of benzene rings is 2. The number of aryl methyl sites for hydroxylation is 2. The van der Waals surface area contributed by atoms with Crippen LogP contribution in [0.1, 0.15) is 16.7 Å². The first-order valence-electron chi connectivity index (χ1n) is 6.05. The second-order valence-electron chi connectivity index (χ2n) is 4.52. The van der Waals surface area contributed by atoms with Crippen molar-refractivity contribution in [3.05, 3.63) is 63.0 Å². The van der Waals surface area contributed by atoms with Crippen molar-refractivity contribution in [1.29, 1.82) is 5.26 Å². The fraction of sp³-hybridized carbons (Fsp3) is 0.133. The van der Waals surface area contributed by atoms with E-state index in [1.54, 1.807) is 25.1 Å². The van der Waals surface area contributed by atoms with Crippen LogP contribution in [0.5, 0.6) is 11.5 Å². The van der Waals surface area contributed by atoms with Crippen molar-refractivity contribution in [3.63, 3.8) is 0 Å². The summed E-state index contributed by atoms with van der Waals surface area (Å²) in [6.07, 6.45) is 0. The van der Waals surface area contributed by atoms with Gasteiger partial charge in [-0.15, -0.1) is 0 Å². The number of ether oxygens (including phenoxy) is 1. The predicted molar refractivity (Wildman–Crippen MR) is 73.8 cm³/mol. The molecule has 0 saturated heterocycles. The maximum atomic E-state index is 13.8. The zero-order chi connectivity index (χ0) is 15.6. The molecule has 2 aromatic carbocycles. The third-order valence-electron chi connectivity index (χ3n) is 2.99. The number of hydrogen-bond acceptors (Lipinski definition) is 4. The predicted octanol–water partition coefficient (Wildman–Crippen LogP) is 4.01. The van der Waals surface area contributed by atoms with E-state index in [0.29, 0.717) is 22.4 Å². The lowest BCUT2D eigenvalue weighted by molar-refractivity contribution is -0.385. The molecule has 0 amide bonds. The van der Waals surface area contributed by atoms with Gasteiger partial charge in [-0.1, -0.05) is 0 Å². The summed E-state index contributed by atoms with van der Waals surface area (Å²) in [5.74, 6) is -0.546. The molecule has 106 valence electrons. The van der Waals surface area contributed by atoms with Crippen LogP contribution in [0, 0.1) is 41.1 Å². The summed E-state index contributed by atoms with van der Waals surface area (Å²) in [7, 11) is 0. The molecule has 0 spiro atoms. The van der Waals surface area contributed by atoms with Gasteiger partial charge in [-0.05, 0) is 43.7 Å². The van der Waals surface area contributed by atoms with Gasteiger partial charge in [-0.2, -0.15) is 5.26 Å². The lowest BCUT2D eigenvalue weighted by Crippen LogP contribution is -1.96. The Kier molecular flexibility index (Phi) is 3.85. The van der Waals surface area contributed by atoms with Crippen LogP contribution >= 0.6 is 0 Å². The third kappa shape index (κ3) is 2.98. The highest BCUT2D eigenvalue weighted by Gasteiger charge is 2.17. The number of rotatable bonds is 3. The molecular formula is C15H11FN2O3. The van der Waals surface area contributed by atoms with Crippen LogP contribution in [0.15, 0.2) is 30.3 Å². The summed E-state index contributed by atoms with van der Waals surface area (Å²) in [5, 5.41) is 19.6. The third-order valence-corrected chi connectivity index (χ3v) is 2.99. The molecule has 6 heteroatoms. The monoisotopic (exact) mass is 286 g/mol. The van der Waals surface area contributed by atoms with E-state index in [9.17, 15) is 14.5 Å². The fourth-order valence-corrected chi connectivity index (χ4v) is 1.87. The molecule has 0 aliphatic carbocycles. The molecule has 21 heavy (non-hydrogen) atoms. The Bertz CT molecular complexity index is 766. The Labute approximate surface area is 120 Å². The molecule has 0 heterocycles. The second kappa shape index (κ2) is 5.59. The average molecular weight is 286 g/mol. The fourth-order valence-electron chi connectivity index (χ4n) is 1.87. The molecule has 0 aromatic heterocycles. The van der Waals surface area contributed by atoms with E-state index in [1.807, 2.05) is 6.07 Å². The summed E-state index contributed by atoms with van der Waals surface area (Å²) < 4.78 is 19.2. The lowest BCUT2D eigenvalue weighted by Gasteiger charge is -2.09. The van der Waals surface area contributed by atoms with Crippen LogP contribution in [0.4, 0.5) is 10.1 Å². The van der Waals surface area contributed by atoms with Crippen LogP contribution in [-0.2, 0) is 0 Å². The molecule has 0 N–H and O–H groups in total. The summed E-state index contributed by atoms with van der Waals surface area (Å²) in [5.41, 5.74) is 1.22. The lowest BCUT2D eigenvalue weighted by atomic mass is 10.1. The standard InChI is InChI=1S/C15H11FN2O3/c1-9-5-12(4-3-11(9)8-17)21-15-6-10(2)14(18(19)20)7-13(15)16/h3-7H,1-2H3. The first kappa shape index (κ1) is 14.5. The molecule has 0 saturated carbocycles. The number of nitriles is 1. The Morgan fingerprint density at radius 3 is 2.52 bits per heavy atom. The molecule has 2 aromatic rings. The normalized spacial score (nSPS) is 10.0. The second-order valence-corrected chi connectivity index (χ2v) is 4.52. The Morgan fingerprint density at radius 2 is 1.95 bits per heavy atom. The first-order chi connectivity index (χ1) is 9.92. The topological polar surface area (TPSA) is 76.2 Å². The highest BCUT2D eigenvalue weighted by atomic mass is 19.1. The van der Waals surface area contributed by atoms with Gasteiger partial charge in [0, 0.05) is 5.56 Å². The van der Waals surface area contributed by atoms with Crippen molar-refractivity contribution in [2.45, 2.75) is 13.8 Å². The first-order valence-corrected chi connectivity index (χ1v) is 6.05. The number of halogens is 1. The van der Waals surface area contributed by atoms with E-state index < -0.39 is 10.7 Å². The van der Waals surface area contributed by atoms with E-state index in [-0.39, 0.29) is 11.4 Å². The minimum Gasteiger partial charge on any atom is -0.454 e. The van der Waals surface area contributed by atoms with Crippen molar-refractivity contribution in [2.24, 2.45) is 0 Å². The molecule has 0 fully saturated rings. The maximum Gasteiger partial charge on any atom is 0.275 e. The summed E-state index contributed by atoms with van der Waals surface area (Å²) >= 11 is 0. The molecule has 0 unspecified atom stereocenters. The number of nitro groups is 1. The van der Waals surface area contributed by atoms with Gasteiger partial charge >= 0.3 is 0 Å². The maximum absolute atomic E-state index is 13.8. The molecular weight excluding hydrogens is 275 g/mol.